The molecule has 1 unspecified atom stereocenters. The van der Waals surface area contributed by atoms with Gasteiger partial charge in [0.05, 0.1) is 6.54 Å². The number of phenolic OH excluding ortho intramolecular Hbond substituents is 2. The number of carboxylic acid groups (broad SMARTS) is 1. The Morgan fingerprint density at radius 1 is 1.47 bits per heavy atom. The molecule has 4 N–H and O–H groups in total. The maximum absolute atomic E-state index is 10.3. The van der Waals surface area contributed by atoms with Crippen LogP contribution in [0.1, 0.15) is 18.5 Å². The van der Waals surface area contributed by atoms with Crippen molar-refractivity contribution in [2.24, 2.45) is 0 Å². The molecule has 0 amide bonds. The molecule has 0 saturated carbocycles. The Bertz CT molecular complexity index is 364. The Morgan fingerprint density at radius 2 is 2.13 bits per heavy atom. The molecule has 0 spiro atoms. The summed E-state index contributed by atoms with van der Waals surface area (Å²) in [5.41, 5.74) is 0.550. The highest BCUT2D eigenvalue weighted by Gasteiger charge is 2.11. The van der Waals surface area contributed by atoms with Gasteiger partial charge in [0.25, 0.3) is 0 Å². The van der Waals surface area contributed by atoms with Crippen LogP contribution in [0.5, 0.6) is 11.5 Å². The maximum Gasteiger partial charge on any atom is 0.317 e. The van der Waals surface area contributed by atoms with Gasteiger partial charge in [-0.05, 0) is 13.0 Å². The Balaban J connectivity index is 2.73. The lowest BCUT2D eigenvalue weighted by Crippen LogP contribution is -2.25. The molecule has 0 heterocycles. The Labute approximate surface area is 87.0 Å². The molecule has 0 aliphatic rings. The van der Waals surface area contributed by atoms with Crippen molar-refractivity contribution in [3.8, 4) is 11.5 Å². The Morgan fingerprint density at radius 3 is 2.67 bits per heavy atom. The van der Waals surface area contributed by atoms with E-state index in [4.69, 9.17) is 10.2 Å². The van der Waals surface area contributed by atoms with Crippen molar-refractivity contribution in [1.82, 2.24) is 5.32 Å². The number of carboxylic acids is 1. The zero-order valence-corrected chi connectivity index (χ0v) is 8.27. The second-order valence-electron chi connectivity index (χ2n) is 3.24. The topological polar surface area (TPSA) is 89.8 Å². The van der Waals surface area contributed by atoms with Crippen LogP contribution in [-0.4, -0.2) is 27.8 Å². The highest BCUT2D eigenvalue weighted by molar-refractivity contribution is 5.69. The summed E-state index contributed by atoms with van der Waals surface area (Å²) in [4.78, 5) is 10.3. The fraction of sp³-hybridized carbons (Fsp3) is 0.300. The summed E-state index contributed by atoms with van der Waals surface area (Å²) in [6.45, 7) is 1.55. The van der Waals surface area contributed by atoms with Crippen molar-refractivity contribution in [3.63, 3.8) is 0 Å². The van der Waals surface area contributed by atoms with E-state index in [1.165, 1.54) is 12.1 Å². The molecule has 1 aromatic carbocycles. The van der Waals surface area contributed by atoms with Gasteiger partial charge in [-0.2, -0.15) is 0 Å². The van der Waals surface area contributed by atoms with Gasteiger partial charge in [0.1, 0.15) is 11.5 Å². The molecule has 1 rings (SSSR count). The third kappa shape index (κ3) is 3.14. The average Bonchev–Trinajstić information content (AvgIpc) is 2.14. The minimum absolute atomic E-state index is 0.0262. The van der Waals surface area contributed by atoms with E-state index in [-0.39, 0.29) is 24.1 Å². The van der Waals surface area contributed by atoms with Crippen molar-refractivity contribution in [2.45, 2.75) is 13.0 Å². The molecule has 1 aromatic rings. The molecule has 0 aliphatic carbocycles. The van der Waals surface area contributed by atoms with Crippen LogP contribution in [0.3, 0.4) is 0 Å². The van der Waals surface area contributed by atoms with Gasteiger partial charge in [-0.1, -0.05) is 6.07 Å². The minimum atomic E-state index is -0.958. The van der Waals surface area contributed by atoms with Gasteiger partial charge in [0.2, 0.25) is 0 Å². The fourth-order valence-electron chi connectivity index (χ4n) is 1.25. The molecule has 0 bridgehead atoms. The van der Waals surface area contributed by atoms with Crippen LogP contribution in [0.2, 0.25) is 0 Å². The third-order valence-corrected chi connectivity index (χ3v) is 2.04. The van der Waals surface area contributed by atoms with Gasteiger partial charge in [-0.15, -0.1) is 0 Å². The van der Waals surface area contributed by atoms with Crippen molar-refractivity contribution in [2.75, 3.05) is 6.54 Å². The second-order valence-corrected chi connectivity index (χ2v) is 3.24. The summed E-state index contributed by atoms with van der Waals surface area (Å²) in [5.74, 6) is -1.04. The number of benzene rings is 1. The van der Waals surface area contributed by atoms with Gasteiger partial charge in [-0.25, -0.2) is 0 Å². The molecule has 82 valence electrons. The smallest absolute Gasteiger partial charge is 0.317 e. The van der Waals surface area contributed by atoms with Crippen LogP contribution in [0.15, 0.2) is 18.2 Å². The van der Waals surface area contributed by atoms with E-state index in [0.29, 0.717) is 5.56 Å². The van der Waals surface area contributed by atoms with Crippen LogP contribution in [0.25, 0.3) is 0 Å². The summed E-state index contributed by atoms with van der Waals surface area (Å²) in [5, 5.41) is 29.7. The summed E-state index contributed by atoms with van der Waals surface area (Å²) in [6.07, 6.45) is 0. The first-order valence-electron chi connectivity index (χ1n) is 4.47. The number of rotatable bonds is 4. The molecule has 0 radical (unpaired) electrons. The quantitative estimate of drug-likeness (QED) is 0.592. The van der Waals surface area contributed by atoms with E-state index in [0.717, 1.165) is 0 Å². The largest absolute Gasteiger partial charge is 0.508 e. The van der Waals surface area contributed by atoms with Crippen LogP contribution < -0.4 is 5.32 Å². The predicted octanol–water partition coefficient (Wildman–Crippen LogP) is 0.833. The van der Waals surface area contributed by atoms with Gasteiger partial charge in [-0.3, -0.25) is 4.79 Å². The molecular formula is C10H13NO4. The van der Waals surface area contributed by atoms with E-state index in [1.807, 2.05) is 0 Å². The van der Waals surface area contributed by atoms with Crippen molar-refractivity contribution in [1.29, 1.82) is 0 Å². The fourth-order valence-corrected chi connectivity index (χ4v) is 1.25. The number of nitrogens with one attached hydrogen (secondary N) is 1. The molecule has 0 saturated heterocycles. The molecule has 15 heavy (non-hydrogen) atoms. The van der Waals surface area contributed by atoms with Crippen LogP contribution in [-0.2, 0) is 4.79 Å². The zero-order valence-electron chi connectivity index (χ0n) is 8.27. The van der Waals surface area contributed by atoms with Crippen molar-refractivity contribution >= 4 is 5.97 Å². The monoisotopic (exact) mass is 211 g/mol. The molecule has 5 nitrogen and oxygen atoms in total. The number of aliphatic carboxylic acids is 1. The SMILES string of the molecule is CC(NCC(=O)O)c1ccc(O)cc1O. The first kappa shape index (κ1) is 11.3. The number of hydrogen-bond acceptors (Lipinski definition) is 4. The first-order chi connectivity index (χ1) is 7.00. The maximum atomic E-state index is 10.3. The molecule has 0 aliphatic heterocycles. The number of carbonyl (C=O) groups is 1. The van der Waals surface area contributed by atoms with Crippen LogP contribution >= 0.6 is 0 Å². The van der Waals surface area contributed by atoms with E-state index in [2.05, 4.69) is 5.32 Å². The summed E-state index contributed by atoms with van der Waals surface area (Å²) >= 11 is 0. The summed E-state index contributed by atoms with van der Waals surface area (Å²) in [7, 11) is 0. The van der Waals surface area contributed by atoms with Crippen LogP contribution in [0, 0.1) is 0 Å². The normalized spacial score (nSPS) is 12.3. The predicted molar refractivity (Wildman–Crippen MR) is 53.8 cm³/mol. The lowest BCUT2D eigenvalue weighted by molar-refractivity contribution is -0.136. The number of hydrogen-bond donors (Lipinski definition) is 4. The molecular weight excluding hydrogens is 198 g/mol. The van der Waals surface area contributed by atoms with Crippen molar-refractivity contribution in [3.05, 3.63) is 23.8 Å². The highest BCUT2D eigenvalue weighted by atomic mass is 16.4. The number of phenols is 2. The Kier molecular flexibility index (Phi) is 3.51. The zero-order chi connectivity index (χ0) is 11.4. The lowest BCUT2D eigenvalue weighted by atomic mass is 10.1. The minimum Gasteiger partial charge on any atom is -0.508 e. The van der Waals surface area contributed by atoms with E-state index in [9.17, 15) is 9.90 Å². The molecule has 1 atom stereocenters. The van der Waals surface area contributed by atoms with Gasteiger partial charge >= 0.3 is 5.97 Å². The van der Waals surface area contributed by atoms with Gasteiger partial charge in [0.15, 0.2) is 0 Å². The number of aromatic hydroxyl groups is 2. The lowest BCUT2D eigenvalue weighted by Gasteiger charge is -2.14. The summed E-state index contributed by atoms with van der Waals surface area (Å²) in [6, 6.07) is 3.91. The van der Waals surface area contributed by atoms with E-state index in [1.54, 1.807) is 13.0 Å². The van der Waals surface area contributed by atoms with Gasteiger partial charge < -0.3 is 20.6 Å². The highest BCUT2D eigenvalue weighted by Crippen LogP contribution is 2.27. The average molecular weight is 211 g/mol. The third-order valence-electron chi connectivity index (χ3n) is 2.04. The molecule has 0 aromatic heterocycles. The van der Waals surface area contributed by atoms with Crippen molar-refractivity contribution < 1.29 is 20.1 Å². The van der Waals surface area contributed by atoms with E-state index >= 15 is 0 Å². The van der Waals surface area contributed by atoms with Crippen LogP contribution in [0.4, 0.5) is 0 Å². The Hall–Kier alpha value is -1.75. The summed E-state index contributed by atoms with van der Waals surface area (Å²) < 4.78 is 0. The van der Waals surface area contributed by atoms with Gasteiger partial charge in [0, 0.05) is 17.7 Å². The standard InChI is InChI=1S/C10H13NO4/c1-6(11-5-10(14)15)8-3-2-7(12)4-9(8)13/h2-4,6,11-13H,5H2,1H3,(H,14,15). The molecule has 5 heteroatoms. The van der Waals surface area contributed by atoms with E-state index < -0.39 is 5.97 Å². The first-order valence-corrected chi connectivity index (χ1v) is 4.47. The molecule has 0 fully saturated rings. The second kappa shape index (κ2) is 4.65.